The van der Waals surface area contributed by atoms with Gasteiger partial charge in [-0.1, -0.05) is 24.3 Å². The maximum Gasteiger partial charge on any atom is 0.328 e. The van der Waals surface area contributed by atoms with Crippen LogP contribution in [0.5, 0.6) is 5.75 Å². The van der Waals surface area contributed by atoms with Crippen LogP contribution < -0.4 is 5.32 Å². The molecule has 33 heavy (non-hydrogen) atoms. The van der Waals surface area contributed by atoms with Crippen LogP contribution in [0.2, 0.25) is 0 Å². The Balaban J connectivity index is 1.76. The fourth-order valence-corrected chi connectivity index (χ4v) is 3.65. The number of pyridine rings is 1. The Hall–Kier alpha value is -3.33. The average Bonchev–Trinajstić information content (AvgIpc) is 2.78. The maximum atomic E-state index is 13.4. The molecule has 2 atom stereocenters. The molecule has 0 radical (unpaired) electrons. The number of rotatable bonds is 7. The first kappa shape index (κ1) is 24.3. The first-order chi connectivity index (χ1) is 15.7. The molecule has 0 unspecified atom stereocenters. The lowest BCUT2D eigenvalue weighted by atomic mass is 9.87. The van der Waals surface area contributed by atoms with E-state index in [2.05, 4.69) is 26.2 Å². The Bertz CT molecular complexity index is 1090. The van der Waals surface area contributed by atoms with Gasteiger partial charge in [0.05, 0.1) is 4.47 Å². The topological polar surface area (TPSA) is 88.5 Å². The molecule has 0 aliphatic carbocycles. The zero-order valence-electron chi connectivity index (χ0n) is 17.8. The van der Waals surface area contributed by atoms with Crippen molar-refractivity contribution in [2.75, 3.05) is 0 Å². The SMILES string of the molecule is C[C@H](NC(=O)c1nccc(Br)c1O)C(=O)O[C@@H](C)C(c1ccc(F)cc1)c1ccc(F)cc1. The summed E-state index contributed by atoms with van der Waals surface area (Å²) in [4.78, 5) is 29.0. The minimum Gasteiger partial charge on any atom is -0.504 e. The van der Waals surface area contributed by atoms with Crippen LogP contribution in [-0.2, 0) is 9.53 Å². The molecule has 6 nitrogen and oxygen atoms in total. The van der Waals surface area contributed by atoms with E-state index in [9.17, 15) is 23.5 Å². The number of nitrogens with one attached hydrogen (secondary N) is 1. The van der Waals surface area contributed by atoms with Crippen LogP contribution in [0.25, 0.3) is 0 Å². The molecular formula is C24H21BrF2N2O4. The number of aromatic hydroxyl groups is 1. The summed E-state index contributed by atoms with van der Waals surface area (Å²) in [6.45, 7) is 3.10. The number of benzene rings is 2. The van der Waals surface area contributed by atoms with Crippen LogP contribution in [0, 0.1) is 11.6 Å². The molecule has 3 rings (SSSR count). The van der Waals surface area contributed by atoms with Crippen molar-refractivity contribution in [3.05, 3.63) is 93.7 Å². The number of ether oxygens (including phenoxy) is 1. The molecule has 1 aromatic heterocycles. The van der Waals surface area contributed by atoms with Gasteiger partial charge in [0.2, 0.25) is 0 Å². The van der Waals surface area contributed by atoms with Gasteiger partial charge in [-0.2, -0.15) is 0 Å². The summed E-state index contributed by atoms with van der Waals surface area (Å²) in [7, 11) is 0. The Morgan fingerprint density at radius 1 is 0.970 bits per heavy atom. The predicted molar refractivity (Wildman–Crippen MR) is 121 cm³/mol. The fourth-order valence-electron chi connectivity index (χ4n) is 3.35. The second-order valence-corrected chi connectivity index (χ2v) is 8.26. The van der Waals surface area contributed by atoms with Gasteiger partial charge in [-0.25, -0.2) is 18.6 Å². The lowest BCUT2D eigenvalue weighted by Gasteiger charge is -2.26. The number of amides is 1. The molecule has 0 aliphatic heterocycles. The highest BCUT2D eigenvalue weighted by Crippen LogP contribution is 2.31. The molecule has 1 heterocycles. The number of carbonyl (C=O) groups excluding carboxylic acids is 2. The van der Waals surface area contributed by atoms with Crippen molar-refractivity contribution in [3.8, 4) is 5.75 Å². The highest BCUT2D eigenvalue weighted by Gasteiger charge is 2.28. The minimum atomic E-state index is -1.05. The van der Waals surface area contributed by atoms with Gasteiger partial charge in [0.25, 0.3) is 5.91 Å². The Morgan fingerprint density at radius 2 is 1.48 bits per heavy atom. The molecular weight excluding hydrogens is 498 g/mol. The van der Waals surface area contributed by atoms with E-state index in [-0.39, 0.29) is 15.9 Å². The van der Waals surface area contributed by atoms with Gasteiger partial charge < -0.3 is 15.2 Å². The Labute approximate surface area is 197 Å². The predicted octanol–water partition coefficient (Wildman–Crippen LogP) is 4.71. The number of esters is 1. The summed E-state index contributed by atoms with van der Waals surface area (Å²) in [6.07, 6.45) is 0.602. The number of halogens is 3. The standard InChI is InChI=1S/C24H21BrF2N2O4/c1-13(29-23(31)21-22(30)19(25)11-12-28-21)24(32)33-14(2)20(15-3-7-17(26)8-4-15)16-5-9-18(27)10-6-16/h3-14,20,30H,1-2H3,(H,29,31)/t13-,14-/m0/s1. The molecule has 2 aromatic carbocycles. The van der Waals surface area contributed by atoms with E-state index in [1.807, 2.05) is 0 Å². The number of aromatic nitrogens is 1. The average molecular weight is 519 g/mol. The lowest BCUT2D eigenvalue weighted by Crippen LogP contribution is -2.41. The van der Waals surface area contributed by atoms with Crippen molar-refractivity contribution < 1.29 is 28.2 Å². The largest absolute Gasteiger partial charge is 0.504 e. The monoisotopic (exact) mass is 518 g/mol. The summed E-state index contributed by atoms with van der Waals surface area (Å²) in [5.41, 5.74) is 1.10. The minimum absolute atomic E-state index is 0.243. The van der Waals surface area contributed by atoms with Crippen LogP contribution >= 0.6 is 15.9 Å². The highest BCUT2D eigenvalue weighted by molar-refractivity contribution is 9.10. The number of nitrogens with zero attached hydrogens (tertiary/aromatic N) is 1. The summed E-state index contributed by atoms with van der Waals surface area (Å²) in [5.74, 6) is -3.16. The first-order valence-corrected chi connectivity index (χ1v) is 10.8. The molecule has 0 spiro atoms. The number of hydrogen-bond donors (Lipinski definition) is 2. The van der Waals surface area contributed by atoms with Gasteiger partial charge in [-0.15, -0.1) is 0 Å². The van der Waals surface area contributed by atoms with E-state index < -0.39 is 41.6 Å². The third-order valence-electron chi connectivity index (χ3n) is 5.02. The zero-order valence-corrected chi connectivity index (χ0v) is 19.3. The van der Waals surface area contributed by atoms with Gasteiger partial charge in [-0.05, 0) is 71.2 Å². The van der Waals surface area contributed by atoms with Gasteiger partial charge in [0.1, 0.15) is 23.8 Å². The van der Waals surface area contributed by atoms with Crippen LogP contribution in [-0.4, -0.2) is 34.1 Å². The van der Waals surface area contributed by atoms with Crippen molar-refractivity contribution in [1.29, 1.82) is 0 Å². The van der Waals surface area contributed by atoms with E-state index in [0.717, 1.165) is 0 Å². The van der Waals surface area contributed by atoms with Crippen molar-refractivity contribution >= 4 is 27.8 Å². The van der Waals surface area contributed by atoms with Gasteiger partial charge >= 0.3 is 5.97 Å². The smallest absolute Gasteiger partial charge is 0.328 e. The molecule has 0 aliphatic rings. The van der Waals surface area contributed by atoms with E-state index >= 15 is 0 Å². The van der Waals surface area contributed by atoms with Crippen LogP contribution in [0.3, 0.4) is 0 Å². The third-order valence-corrected chi connectivity index (χ3v) is 5.66. The molecule has 9 heteroatoms. The number of hydrogen-bond acceptors (Lipinski definition) is 5. The molecule has 1 amide bonds. The molecule has 3 aromatic rings. The molecule has 2 N–H and O–H groups in total. The van der Waals surface area contributed by atoms with Crippen LogP contribution in [0.15, 0.2) is 65.3 Å². The Morgan fingerprint density at radius 3 is 2.00 bits per heavy atom. The van der Waals surface area contributed by atoms with E-state index in [1.165, 1.54) is 43.5 Å². The van der Waals surface area contributed by atoms with Crippen molar-refractivity contribution in [2.24, 2.45) is 0 Å². The van der Waals surface area contributed by atoms with Crippen molar-refractivity contribution in [2.45, 2.75) is 31.9 Å². The molecule has 0 saturated heterocycles. The molecule has 0 fully saturated rings. The van der Waals surface area contributed by atoms with Crippen molar-refractivity contribution in [1.82, 2.24) is 10.3 Å². The summed E-state index contributed by atoms with van der Waals surface area (Å²) < 4.78 is 32.8. The summed E-state index contributed by atoms with van der Waals surface area (Å²) in [5, 5.41) is 12.4. The zero-order chi connectivity index (χ0) is 24.1. The lowest BCUT2D eigenvalue weighted by molar-refractivity contribution is -0.150. The highest BCUT2D eigenvalue weighted by atomic mass is 79.9. The van der Waals surface area contributed by atoms with Crippen LogP contribution in [0.4, 0.5) is 8.78 Å². The van der Waals surface area contributed by atoms with Gasteiger partial charge in [0, 0.05) is 12.1 Å². The first-order valence-electron chi connectivity index (χ1n) is 10.0. The normalized spacial score (nSPS) is 12.8. The molecule has 172 valence electrons. The fraction of sp³-hybridized carbons (Fsp3) is 0.208. The van der Waals surface area contributed by atoms with E-state index in [4.69, 9.17) is 4.74 Å². The maximum absolute atomic E-state index is 13.4. The number of carbonyl (C=O) groups is 2. The summed E-state index contributed by atoms with van der Waals surface area (Å²) in [6, 6.07) is 11.9. The van der Waals surface area contributed by atoms with E-state index in [1.54, 1.807) is 31.2 Å². The van der Waals surface area contributed by atoms with Gasteiger partial charge in [0.15, 0.2) is 11.4 Å². The molecule has 0 bridgehead atoms. The quantitative estimate of drug-likeness (QED) is 0.442. The second kappa shape index (κ2) is 10.5. The Kier molecular flexibility index (Phi) is 7.75. The van der Waals surface area contributed by atoms with Gasteiger partial charge in [-0.3, -0.25) is 4.79 Å². The van der Waals surface area contributed by atoms with Crippen LogP contribution in [0.1, 0.15) is 41.4 Å². The second-order valence-electron chi connectivity index (χ2n) is 7.41. The van der Waals surface area contributed by atoms with E-state index in [0.29, 0.717) is 11.1 Å². The summed E-state index contributed by atoms with van der Waals surface area (Å²) >= 11 is 3.10. The third kappa shape index (κ3) is 5.92. The molecule has 0 saturated carbocycles. The van der Waals surface area contributed by atoms with Crippen molar-refractivity contribution in [3.63, 3.8) is 0 Å².